The van der Waals surface area contributed by atoms with E-state index in [4.69, 9.17) is 5.11 Å². The van der Waals surface area contributed by atoms with Gasteiger partial charge in [0, 0.05) is 25.8 Å². The molecule has 1 saturated heterocycles. The SMILES string of the molecule is CCn1ccc(CC(=O)N2CCC(C(=O)O)C2)n1. The first-order chi connectivity index (χ1) is 8.60. The van der Waals surface area contributed by atoms with Crippen molar-refractivity contribution in [3.8, 4) is 0 Å². The van der Waals surface area contributed by atoms with Crippen LogP contribution in [0.2, 0.25) is 0 Å². The summed E-state index contributed by atoms with van der Waals surface area (Å²) in [6.45, 7) is 3.61. The Hall–Kier alpha value is -1.85. The van der Waals surface area contributed by atoms with Crippen molar-refractivity contribution in [1.29, 1.82) is 0 Å². The smallest absolute Gasteiger partial charge is 0.308 e. The molecule has 1 N–H and O–H groups in total. The van der Waals surface area contributed by atoms with E-state index in [0.29, 0.717) is 19.5 Å². The lowest BCUT2D eigenvalue weighted by Gasteiger charge is -2.14. The van der Waals surface area contributed by atoms with Crippen molar-refractivity contribution in [2.75, 3.05) is 13.1 Å². The zero-order chi connectivity index (χ0) is 13.1. The Morgan fingerprint density at radius 1 is 1.56 bits per heavy atom. The Labute approximate surface area is 105 Å². The highest BCUT2D eigenvalue weighted by molar-refractivity contribution is 5.80. The van der Waals surface area contributed by atoms with Crippen LogP contribution in [0, 0.1) is 5.92 Å². The summed E-state index contributed by atoms with van der Waals surface area (Å²) in [4.78, 5) is 24.4. The maximum atomic E-state index is 12.0. The lowest BCUT2D eigenvalue weighted by molar-refractivity contribution is -0.141. The van der Waals surface area contributed by atoms with Crippen molar-refractivity contribution >= 4 is 11.9 Å². The molecule has 1 unspecified atom stereocenters. The Morgan fingerprint density at radius 2 is 2.33 bits per heavy atom. The summed E-state index contributed by atoms with van der Waals surface area (Å²) in [5.41, 5.74) is 0.737. The summed E-state index contributed by atoms with van der Waals surface area (Å²) in [6.07, 6.45) is 2.64. The fourth-order valence-electron chi connectivity index (χ4n) is 2.13. The fourth-order valence-corrected chi connectivity index (χ4v) is 2.13. The molecule has 0 saturated carbocycles. The van der Waals surface area contributed by atoms with E-state index in [1.165, 1.54) is 0 Å². The van der Waals surface area contributed by atoms with E-state index in [1.54, 1.807) is 9.58 Å². The Morgan fingerprint density at radius 3 is 2.89 bits per heavy atom. The average Bonchev–Trinajstić information content (AvgIpc) is 2.97. The number of carboxylic acid groups (broad SMARTS) is 1. The van der Waals surface area contributed by atoms with Crippen LogP contribution in [0.15, 0.2) is 12.3 Å². The van der Waals surface area contributed by atoms with Crippen molar-refractivity contribution in [2.45, 2.75) is 26.3 Å². The Kier molecular flexibility index (Phi) is 3.64. The lowest BCUT2D eigenvalue weighted by atomic mass is 10.1. The van der Waals surface area contributed by atoms with Gasteiger partial charge in [-0.25, -0.2) is 0 Å². The molecule has 18 heavy (non-hydrogen) atoms. The highest BCUT2D eigenvalue weighted by Gasteiger charge is 2.30. The van der Waals surface area contributed by atoms with Crippen LogP contribution in [0.4, 0.5) is 0 Å². The number of hydrogen-bond acceptors (Lipinski definition) is 3. The minimum absolute atomic E-state index is 0.0416. The number of carbonyl (C=O) groups excluding carboxylic acids is 1. The second kappa shape index (κ2) is 5.20. The van der Waals surface area contributed by atoms with Gasteiger partial charge < -0.3 is 10.0 Å². The number of carbonyl (C=O) groups is 2. The molecule has 1 amide bonds. The molecule has 0 bridgehead atoms. The monoisotopic (exact) mass is 251 g/mol. The first kappa shape index (κ1) is 12.6. The van der Waals surface area contributed by atoms with Crippen molar-refractivity contribution < 1.29 is 14.7 Å². The standard InChI is InChI=1S/C12H17N3O3/c1-2-15-6-4-10(13-15)7-11(16)14-5-3-9(8-14)12(17)18/h4,6,9H,2-3,5,7-8H2,1H3,(H,17,18). The molecule has 2 rings (SSSR count). The first-order valence-electron chi connectivity index (χ1n) is 6.13. The fraction of sp³-hybridized carbons (Fsp3) is 0.583. The molecule has 0 aromatic carbocycles. The van der Waals surface area contributed by atoms with Gasteiger partial charge in [-0.05, 0) is 19.4 Å². The van der Waals surface area contributed by atoms with E-state index in [1.807, 2.05) is 19.2 Å². The molecular formula is C12H17N3O3. The third-order valence-corrected chi connectivity index (χ3v) is 3.24. The van der Waals surface area contributed by atoms with Gasteiger partial charge in [0.05, 0.1) is 18.0 Å². The number of aryl methyl sites for hydroxylation is 1. The lowest BCUT2D eigenvalue weighted by Crippen LogP contribution is -2.31. The molecule has 2 heterocycles. The van der Waals surface area contributed by atoms with Gasteiger partial charge in [-0.1, -0.05) is 0 Å². The molecule has 1 atom stereocenters. The van der Waals surface area contributed by atoms with Crippen LogP contribution in [0.25, 0.3) is 0 Å². The van der Waals surface area contributed by atoms with E-state index >= 15 is 0 Å². The Balaban J connectivity index is 1.91. The third kappa shape index (κ3) is 2.69. The predicted octanol–water partition coefficient (Wildman–Crippen LogP) is 0.379. The highest BCUT2D eigenvalue weighted by atomic mass is 16.4. The molecule has 1 aliphatic rings. The van der Waals surface area contributed by atoms with Gasteiger partial charge in [0.1, 0.15) is 0 Å². The number of likely N-dealkylation sites (tertiary alicyclic amines) is 1. The van der Waals surface area contributed by atoms with Gasteiger partial charge in [-0.2, -0.15) is 5.10 Å². The third-order valence-electron chi connectivity index (χ3n) is 3.24. The molecule has 0 radical (unpaired) electrons. The van der Waals surface area contributed by atoms with Crippen LogP contribution >= 0.6 is 0 Å². The van der Waals surface area contributed by atoms with Gasteiger partial charge in [0.25, 0.3) is 0 Å². The normalized spacial score (nSPS) is 19.2. The van der Waals surface area contributed by atoms with Gasteiger partial charge in [0.2, 0.25) is 5.91 Å². The number of hydrogen-bond donors (Lipinski definition) is 1. The highest BCUT2D eigenvalue weighted by Crippen LogP contribution is 2.17. The van der Waals surface area contributed by atoms with E-state index < -0.39 is 11.9 Å². The summed E-state index contributed by atoms with van der Waals surface area (Å²) in [5, 5.41) is 13.1. The van der Waals surface area contributed by atoms with Crippen molar-refractivity contribution in [2.24, 2.45) is 5.92 Å². The maximum absolute atomic E-state index is 12.0. The molecule has 0 spiro atoms. The zero-order valence-corrected chi connectivity index (χ0v) is 10.4. The van der Waals surface area contributed by atoms with Crippen LogP contribution in [0.5, 0.6) is 0 Å². The van der Waals surface area contributed by atoms with E-state index in [9.17, 15) is 9.59 Å². The molecule has 98 valence electrons. The predicted molar refractivity (Wildman–Crippen MR) is 63.9 cm³/mol. The van der Waals surface area contributed by atoms with Crippen molar-refractivity contribution in [1.82, 2.24) is 14.7 Å². The first-order valence-corrected chi connectivity index (χ1v) is 6.13. The summed E-state index contributed by atoms with van der Waals surface area (Å²) in [7, 11) is 0. The molecule has 1 aliphatic heterocycles. The van der Waals surface area contributed by atoms with Crippen LogP contribution < -0.4 is 0 Å². The molecule has 6 nitrogen and oxygen atoms in total. The summed E-state index contributed by atoms with van der Waals surface area (Å²) in [5.74, 6) is -1.28. The van der Waals surface area contributed by atoms with Gasteiger partial charge in [-0.3, -0.25) is 14.3 Å². The second-order valence-electron chi connectivity index (χ2n) is 4.50. The summed E-state index contributed by atoms with van der Waals surface area (Å²) in [6, 6.07) is 1.83. The number of amides is 1. The molecule has 1 aromatic heterocycles. The second-order valence-corrected chi connectivity index (χ2v) is 4.50. The van der Waals surface area contributed by atoms with Gasteiger partial charge in [0.15, 0.2) is 0 Å². The van der Waals surface area contributed by atoms with Crippen LogP contribution in [0.3, 0.4) is 0 Å². The number of carboxylic acids is 1. The van der Waals surface area contributed by atoms with Crippen molar-refractivity contribution in [3.05, 3.63) is 18.0 Å². The number of aromatic nitrogens is 2. The molecular weight excluding hydrogens is 234 g/mol. The topological polar surface area (TPSA) is 75.4 Å². The van der Waals surface area contributed by atoms with E-state index in [0.717, 1.165) is 12.2 Å². The Bertz CT molecular complexity index is 455. The number of nitrogens with zero attached hydrogens (tertiary/aromatic N) is 3. The maximum Gasteiger partial charge on any atom is 0.308 e. The largest absolute Gasteiger partial charge is 0.481 e. The quantitative estimate of drug-likeness (QED) is 0.839. The summed E-state index contributed by atoms with van der Waals surface area (Å²) >= 11 is 0. The summed E-state index contributed by atoms with van der Waals surface area (Å²) < 4.78 is 1.77. The number of rotatable bonds is 4. The zero-order valence-electron chi connectivity index (χ0n) is 10.4. The van der Waals surface area contributed by atoms with Gasteiger partial charge in [-0.15, -0.1) is 0 Å². The average molecular weight is 251 g/mol. The van der Waals surface area contributed by atoms with Crippen molar-refractivity contribution in [3.63, 3.8) is 0 Å². The molecule has 1 fully saturated rings. The molecule has 6 heteroatoms. The molecule has 0 aliphatic carbocycles. The number of aliphatic carboxylic acids is 1. The minimum Gasteiger partial charge on any atom is -0.481 e. The van der Waals surface area contributed by atoms with Crippen LogP contribution in [0.1, 0.15) is 19.0 Å². The van der Waals surface area contributed by atoms with Crippen LogP contribution in [-0.4, -0.2) is 44.8 Å². The van der Waals surface area contributed by atoms with Gasteiger partial charge >= 0.3 is 5.97 Å². The molecule has 1 aromatic rings. The van der Waals surface area contributed by atoms with E-state index in [2.05, 4.69) is 5.10 Å². The van der Waals surface area contributed by atoms with E-state index in [-0.39, 0.29) is 12.3 Å². The van der Waals surface area contributed by atoms with Crippen LogP contribution in [-0.2, 0) is 22.6 Å². The minimum atomic E-state index is -0.819.